The SMILES string of the molecule is COC(C)CC=CCO. The number of aliphatic hydroxyl groups excluding tert-OH is 1. The van der Waals surface area contributed by atoms with Crippen molar-refractivity contribution in [3.63, 3.8) is 0 Å². The van der Waals surface area contributed by atoms with Gasteiger partial charge in [-0.25, -0.2) is 0 Å². The van der Waals surface area contributed by atoms with Crippen LogP contribution in [0.4, 0.5) is 0 Å². The zero-order valence-electron chi connectivity index (χ0n) is 6.00. The van der Waals surface area contributed by atoms with Gasteiger partial charge in [-0.3, -0.25) is 0 Å². The van der Waals surface area contributed by atoms with E-state index in [-0.39, 0.29) is 12.7 Å². The lowest BCUT2D eigenvalue weighted by molar-refractivity contribution is 0.121. The fourth-order valence-electron chi connectivity index (χ4n) is 0.459. The van der Waals surface area contributed by atoms with Crippen molar-refractivity contribution in [3.8, 4) is 0 Å². The van der Waals surface area contributed by atoms with E-state index in [1.165, 1.54) is 0 Å². The highest BCUT2D eigenvalue weighted by Gasteiger charge is 1.91. The largest absolute Gasteiger partial charge is 0.392 e. The van der Waals surface area contributed by atoms with Crippen LogP contribution in [0.5, 0.6) is 0 Å². The molecule has 1 N–H and O–H groups in total. The molecular weight excluding hydrogens is 116 g/mol. The van der Waals surface area contributed by atoms with Gasteiger partial charge in [-0.05, 0) is 13.3 Å². The van der Waals surface area contributed by atoms with Crippen LogP contribution in [0.3, 0.4) is 0 Å². The van der Waals surface area contributed by atoms with Gasteiger partial charge in [0.15, 0.2) is 0 Å². The van der Waals surface area contributed by atoms with E-state index in [1.807, 2.05) is 13.0 Å². The van der Waals surface area contributed by atoms with Gasteiger partial charge in [0.25, 0.3) is 0 Å². The van der Waals surface area contributed by atoms with Crippen LogP contribution in [0.1, 0.15) is 13.3 Å². The quantitative estimate of drug-likeness (QED) is 0.574. The third-order valence-corrected chi connectivity index (χ3v) is 1.14. The molecule has 0 saturated heterocycles. The van der Waals surface area contributed by atoms with E-state index in [0.29, 0.717) is 0 Å². The molecule has 0 radical (unpaired) electrons. The zero-order chi connectivity index (χ0) is 7.11. The molecule has 0 fully saturated rings. The lowest BCUT2D eigenvalue weighted by Gasteiger charge is -2.03. The van der Waals surface area contributed by atoms with Gasteiger partial charge < -0.3 is 9.84 Å². The summed E-state index contributed by atoms with van der Waals surface area (Å²) in [7, 11) is 1.68. The van der Waals surface area contributed by atoms with Crippen LogP contribution in [0.25, 0.3) is 0 Å². The molecule has 0 saturated carbocycles. The summed E-state index contributed by atoms with van der Waals surface area (Å²) < 4.78 is 4.96. The minimum absolute atomic E-state index is 0.121. The highest BCUT2D eigenvalue weighted by molar-refractivity contribution is 4.82. The minimum Gasteiger partial charge on any atom is -0.392 e. The zero-order valence-corrected chi connectivity index (χ0v) is 6.00. The summed E-state index contributed by atoms with van der Waals surface area (Å²) in [5.74, 6) is 0. The summed E-state index contributed by atoms with van der Waals surface area (Å²) in [5.41, 5.74) is 0. The second-order valence-electron chi connectivity index (χ2n) is 1.94. The van der Waals surface area contributed by atoms with E-state index < -0.39 is 0 Å². The van der Waals surface area contributed by atoms with Crippen LogP contribution in [-0.2, 0) is 4.74 Å². The van der Waals surface area contributed by atoms with Gasteiger partial charge in [0.2, 0.25) is 0 Å². The normalized spacial score (nSPS) is 14.6. The summed E-state index contributed by atoms with van der Waals surface area (Å²) in [6.45, 7) is 2.11. The van der Waals surface area contributed by atoms with Gasteiger partial charge in [0.1, 0.15) is 0 Å². The highest BCUT2D eigenvalue weighted by atomic mass is 16.5. The van der Waals surface area contributed by atoms with Crippen molar-refractivity contribution in [1.29, 1.82) is 0 Å². The van der Waals surface area contributed by atoms with Crippen LogP contribution in [0.15, 0.2) is 12.2 Å². The lowest BCUT2D eigenvalue weighted by atomic mass is 10.3. The van der Waals surface area contributed by atoms with Crippen LogP contribution < -0.4 is 0 Å². The first-order valence-corrected chi connectivity index (χ1v) is 3.10. The van der Waals surface area contributed by atoms with Gasteiger partial charge in [-0.1, -0.05) is 12.2 Å². The topological polar surface area (TPSA) is 29.5 Å². The number of rotatable bonds is 4. The standard InChI is InChI=1S/C7H14O2/c1-7(9-2)5-3-4-6-8/h3-4,7-8H,5-6H2,1-2H3. The Kier molecular flexibility index (Phi) is 5.57. The Balaban J connectivity index is 3.15. The Morgan fingerprint density at radius 1 is 1.56 bits per heavy atom. The highest BCUT2D eigenvalue weighted by Crippen LogP contribution is 1.94. The maximum Gasteiger partial charge on any atom is 0.0612 e. The van der Waals surface area contributed by atoms with Gasteiger partial charge in [-0.2, -0.15) is 0 Å². The minimum atomic E-state index is 0.121. The van der Waals surface area contributed by atoms with Gasteiger partial charge in [0.05, 0.1) is 12.7 Å². The average molecular weight is 130 g/mol. The van der Waals surface area contributed by atoms with Crippen LogP contribution in [0.2, 0.25) is 0 Å². The van der Waals surface area contributed by atoms with Crippen molar-refractivity contribution in [3.05, 3.63) is 12.2 Å². The third-order valence-electron chi connectivity index (χ3n) is 1.14. The molecule has 0 aromatic heterocycles. The fraction of sp³-hybridized carbons (Fsp3) is 0.714. The van der Waals surface area contributed by atoms with E-state index in [4.69, 9.17) is 9.84 Å². The van der Waals surface area contributed by atoms with Crippen LogP contribution in [-0.4, -0.2) is 24.9 Å². The Morgan fingerprint density at radius 2 is 2.22 bits per heavy atom. The molecule has 0 bridgehead atoms. The second kappa shape index (κ2) is 5.79. The Labute approximate surface area is 56.1 Å². The molecule has 9 heavy (non-hydrogen) atoms. The summed E-state index contributed by atoms with van der Waals surface area (Å²) in [6.07, 6.45) is 4.76. The van der Waals surface area contributed by atoms with Gasteiger partial charge in [0, 0.05) is 7.11 Å². The smallest absolute Gasteiger partial charge is 0.0612 e. The number of hydrogen-bond donors (Lipinski definition) is 1. The summed E-state index contributed by atoms with van der Waals surface area (Å²) in [5, 5.41) is 8.32. The van der Waals surface area contributed by atoms with E-state index in [9.17, 15) is 0 Å². The first-order valence-electron chi connectivity index (χ1n) is 3.10. The summed E-state index contributed by atoms with van der Waals surface area (Å²) in [4.78, 5) is 0. The molecule has 1 atom stereocenters. The van der Waals surface area contributed by atoms with Gasteiger partial charge in [-0.15, -0.1) is 0 Å². The molecule has 0 aromatic carbocycles. The van der Waals surface area contributed by atoms with Crippen molar-refractivity contribution < 1.29 is 9.84 Å². The second-order valence-corrected chi connectivity index (χ2v) is 1.94. The predicted molar refractivity (Wildman–Crippen MR) is 37.3 cm³/mol. The summed E-state index contributed by atoms with van der Waals surface area (Å²) in [6, 6.07) is 0. The molecule has 0 aliphatic carbocycles. The molecule has 0 heterocycles. The number of aliphatic hydroxyl groups is 1. The molecule has 2 heteroatoms. The van der Waals surface area contributed by atoms with E-state index in [0.717, 1.165) is 6.42 Å². The number of hydrogen-bond acceptors (Lipinski definition) is 2. The lowest BCUT2D eigenvalue weighted by Crippen LogP contribution is -2.01. The molecule has 2 nitrogen and oxygen atoms in total. The molecule has 0 amide bonds. The molecule has 54 valence electrons. The monoisotopic (exact) mass is 130 g/mol. The number of ether oxygens (including phenoxy) is 1. The molecule has 1 unspecified atom stereocenters. The molecule has 0 aliphatic heterocycles. The Bertz CT molecular complexity index is 79.0. The van der Waals surface area contributed by atoms with E-state index in [1.54, 1.807) is 13.2 Å². The Hall–Kier alpha value is -0.340. The van der Waals surface area contributed by atoms with Crippen molar-refractivity contribution in [2.45, 2.75) is 19.4 Å². The molecule has 0 aromatic rings. The molecule has 0 spiro atoms. The van der Waals surface area contributed by atoms with Crippen molar-refractivity contribution in [2.75, 3.05) is 13.7 Å². The summed E-state index contributed by atoms with van der Waals surface area (Å²) >= 11 is 0. The average Bonchev–Trinajstić information content (AvgIpc) is 1.89. The van der Waals surface area contributed by atoms with Crippen molar-refractivity contribution in [2.24, 2.45) is 0 Å². The van der Waals surface area contributed by atoms with Crippen LogP contribution in [0, 0.1) is 0 Å². The van der Waals surface area contributed by atoms with Crippen molar-refractivity contribution in [1.82, 2.24) is 0 Å². The number of methoxy groups -OCH3 is 1. The first-order chi connectivity index (χ1) is 4.31. The maximum atomic E-state index is 8.32. The maximum absolute atomic E-state index is 8.32. The third kappa shape index (κ3) is 5.53. The first kappa shape index (κ1) is 8.66. The molecule has 0 aliphatic rings. The van der Waals surface area contributed by atoms with Crippen molar-refractivity contribution >= 4 is 0 Å². The van der Waals surface area contributed by atoms with E-state index in [2.05, 4.69) is 0 Å². The van der Waals surface area contributed by atoms with Gasteiger partial charge >= 0.3 is 0 Å². The van der Waals surface area contributed by atoms with Crippen LogP contribution >= 0.6 is 0 Å². The Morgan fingerprint density at radius 3 is 2.67 bits per heavy atom. The molecule has 0 rings (SSSR count). The predicted octanol–water partition coefficient (Wildman–Crippen LogP) is 0.960. The fourth-order valence-corrected chi connectivity index (χ4v) is 0.459. The molecular formula is C7H14O2. The van der Waals surface area contributed by atoms with E-state index >= 15 is 0 Å².